The van der Waals surface area contributed by atoms with E-state index < -0.39 is 0 Å². The molecule has 2 aliphatic heterocycles. The van der Waals surface area contributed by atoms with Gasteiger partial charge in [0.1, 0.15) is 0 Å². The second kappa shape index (κ2) is 5.65. The first-order valence-electron chi connectivity index (χ1n) is 6.79. The van der Waals surface area contributed by atoms with E-state index in [4.69, 9.17) is 15.2 Å². The van der Waals surface area contributed by atoms with Gasteiger partial charge in [-0.05, 0) is 38.6 Å². The molecule has 2 aliphatic rings. The van der Waals surface area contributed by atoms with Crippen LogP contribution >= 0.6 is 0 Å². The average molecular weight is 242 g/mol. The van der Waals surface area contributed by atoms with Crippen LogP contribution in [0.3, 0.4) is 0 Å². The monoisotopic (exact) mass is 242 g/mol. The van der Waals surface area contributed by atoms with Crippen LogP contribution in [0, 0.1) is 5.41 Å². The Morgan fingerprint density at radius 1 is 1.18 bits per heavy atom. The van der Waals surface area contributed by atoms with Gasteiger partial charge in [0.2, 0.25) is 0 Å². The Morgan fingerprint density at radius 3 is 2.29 bits per heavy atom. The summed E-state index contributed by atoms with van der Waals surface area (Å²) in [5.41, 5.74) is 6.28. The molecule has 0 unspecified atom stereocenters. The lowest BCUT2D eigenvalue weighted by atomic mass is 9.79. The zero-order chi connectivity index (χ0) is 12.3. The fourth-order valence-corrected chi connectivity index (χ4v) is 3.12. The summed E-state index contributed by atoms with van der Waals surface area (Å²) < 4.78 is 11.2. The van der Waals surface area contributed by atoms with Gasteiger partial charge >= 0.3 is 0 Å². The zero-order valence-electron chi connectivity index (χ0n) is 11.2. The highest BCUT2D eigenvalue weighted by molar-refractivity contribution is 4.88. The SMILES string of the molecule is C[C@@H]1CN(CC2(CN)CCOCC2)C[C@H](C)O1. The van der Waals surface area contributed by atoms with Gasteiger partial charge in [-0.2, -0.15) is 0 Å². The van der Waals surface area contributed by atoms with Crippen molar-refractivity contribution in [1.29, 1.82) is 0 Å². The summed E-state index contributed by atoms with van der Waals surface area (Å²) in [6, 6.07) is 0. The predicted molar refractivity (Wildman–Crippen MR) is 68.0 cm³/mol. The first-order chi connectivity index (χ1) is 8.13. The normalized spacial score (nSPS) is 34.8. The van der Waals surface area contributed by atoms with Crippen molar-refractivity contribution in [1.82, 2.24) is 4.90 Å². The summed E-state index contributed by atoms with van der Waals surface area (Å²) in [5, 5.41) is 0. The molecule has 0 aromatic heterocycles. The number of rotatable bonds is 3. The maximum Gasteiger partial charge on any atom is 0.0678 e. The van der Waals surface area contributed by atoms with E-state index in [1.807, 2.05) is 0 Å². The summed E-state index contributed by atoms with van der Waals surface area (Å²) in [7, 11) is 0. The van der Waals surface area contributed by atoms with Crippen molar-refractivity contribution in [2.45, 2.75) is 38.9 Å². The van der Waals surface area contributed by atoms with Crippen molar-refractivity contribution < 1.29 is 9.47 Å². The average Bonchev–Trinajstić information content (AvgIpc) is 2.29. The largest absolute Gasteiger partial charge is 0.381 e. The van der Waals surface area contributed by atoms with Crippen LogP contribution in [0.2, 0.25) is 0 Å². The maximum atomic E-state index is 6.01. The van der Waals surface area contributed by atoms with Crippen LogP contribution in [-0.2, 0) is 9.47 Å². The molecule has 2 heterocycles. The minimum absolute atomic E-state index is 0.273. The van der Waals surface area contributed by atoms with E-state index >= 15 is 0 Å². The molecule has 4 heteroatoms. The molecule has 2 atom stereocenters. The Balaban J connectivity index is 1.93. The van der Waals surface area contributed by atoms with Crippen LogP contribution in [-0.4, -0.2) is 56.5 Å². The van der Waals surface area contributed by atoms with Crippen LogP contribution in [0.4, 0.5) is 0 Å². The molecule has 17 heavy (non-hydrogen) atoms. The van der Waals surface area contributed by atoms with Gasteiger partial charge < -0.3 is 15.2 Å². The van der Waals surface area contributed by atoms with Gasteiger partial charge in [0.05, 0.1) is 12.2 Å². The zero-order valence-corrected chi connectivity index (χ0v) is 11.2. The molecule has 2 rings (SSSR count). The van der Waals surface area contributed by atoms with E-state index in [0.717, 1.165) is 52.2 Å². The lowest BCUT2D eigenvalue weighted by molar-refractivity contribution is -0.0865. The van der Waals surface area contributed by atoms with Crippen molar-refractivity contribution in [3.05, 3.63) is 0 Å². The van der Waals surface area contributed by atoms with Gasteiger partial charge in [-0.15, -0.1) is 0 Å². The molecule has 0 aromatic rings. The highest BCUT2D eigenvalue weighted by atomic mass is 16.5. The van der Waals surface area contributed by atoms with Crippen molar-refractivity contribution in [2.75, 3.05) is 39.4 Å². The standard InChI is InChI=1S/C13H26N2O2/c1-11-7-15(8-12(2)17-11)10-13(9-14)3-5-16-6-4-13/h11-12H,3-10,14H2,1-2H3/t11-,12+. The van der Waals surface area contributed by atoms with E-state index in [-0.39, 0.29) is 5.41 Å². The quantitative estimate of drug-likeness (QED) is 0.797. The molecule has 0 amide bonds. The molecule has 2 fully saturated rings. The predicted octanol–water partition coefficient (Wildman–Crippen LogP) is 0.851. The van der Waals surface area contributed by atoms with Crippen LogP contribution in [0.15, 0.2) is 0 Å². The third-order valence-electron chi connectivity index (χ3n) is 4.04. The number of nitrogens with zero attached hydrogens (tertiary/aromatic N) is 1. The van der Waals surface area contributed by atoms with Crippen LogP contribution in [0.5, 0.6) is 0 Å². The third kappa shape index (κ3) is 3.41. The third-order valence-corrected chi connectivity index (χ3v) is 4.04. The number of hydrogen-bond donors (Lipinski definition) is 1. The van der Waals surface area contributed by atoms with Crippen molar-refractivity contribution in [2.24, 2.45) is 11.1 Å². The molecule has 0 spiro atoms. The van der Waals surface area contributed by atoms with Gasteiger partial charge in [-0.25, -0.2) is 0 Å². The number of ether oxygens (including phenoxy) is 2. The highest BCUT2D eigenvalue weighted by Crippen LogP contribution is 2.31. The molecular weight excluding hydrogens is 216 g/mol. The minimum Gasteiger partial charge on any atom is -0.381 e. The number of nitrogens with two attached hydrogens (primary N) is 1. The highest BCUT2D eigenvalue weighted by Gasteiger charge is 2.35. The molecule has 0 aliphatic carbocycles. The van der Waals surface area contributed by atoms with E-state index in [1.54, 1.807) is 0 Å². The second-order valence-electron chi connectivity index (χ2n) is 5.77. The molecule has 2 saturated heterocycles. The fraction of sp³-hybridized carbons (Fsp3) is 1.00. The van der Waals surface area contributed by atoms with Gasteiger partial charge in [0.25, 0.3) is 0 Å². The smallest absolute Gasteiger partial charge is 0.0678 e. The van der Waals surface area contributed by atoms with E-state index in [0.29, 0.717) is 12.2 Å². The first kappa shape index (κ1) is 13.3. The molecular formula is C13H26N2O2. The van der Waals surface area contributed by atoms with Gasteiger partial charge in [0, 0.05) is 32.8 Å². The molecule has 0 bridgehead atoms. The van der Waals surface area contributed by atoms with E-state index in [1.165, 1.54) is 0 Å². The number of morpholine rings is 1. The Labute approximate surface area is 104 Å². The molecule has 0 radical (unpaired) electrons. The van der Waals surface area contributed by atoms with Crippen LogP contribution in [0.1, 0.15) is 26.7 Å². The number of hydrogen-bond acceptors (Lipinski definition) is 4. The topological polar surface area (TPSA) is 47.7 Å². The van der Waals surface area contributed by atoms with E-state index in [9.17, 15) is 0 Å². The maximum absolute atomic E-state index is 6.01. The summed E-state index contributed by atoms with van der Waals surface area (Å²) in [5.74, 6) is 0. The van der Waals surface area contributed by atoms with Gasteiger partial charge in [-0.1, -0.05) is 0 Å². The molecule has 0 saturated carbocycles. The molecule has 4 nitrogen and oxygen atoms in total. The molecule has 0 aromatic carbocycles. The van der Waals surface area contributed by atoms with Gasteiger partial charge in [-0.3, -0.25) is 4.90 Å². The Morgan fingerprint density at radius 2 is 1.76 bits per heavy atom. The van der Waals surface area contributed by atoms with E-state index in [2.05, 4.69) is 18.7 Å². The van der Waals surface area contributed by atoms with Crippen molar-refractivity contribution in [3.8, 4) is 0 Å². The van der Waals surface area contributed by atoms with Gasteiger partial charge in [0.15, 0.2) is 0 Å². The Kier molecular flexibility index (Phi) is 4.42. The lowest BCUT2D eigenvalue weighted by Gasteiger charge is -2.43. The molecule has 100 valence electrons. The summed E-state index contributed by atoms with van der Waals surface area (Å²) in [4.78, 5) is 2.52. The minimum atomic E-state index is 0.273. The molecule has 2 N–H and O–H groups in total. The van der Waals surface area contributed by atoms with Crippen LogP contribution in [0.25, 0.3) is 0 Å². The summed E-state index contributed by atoms with van der Waals surface area (Å²) in [6.45, 7) is 9.99. The van der Waals surface area contributed by atoms with Crippen molar-refractivity contribution >= 4 is 0 Å². The summed E-state index contributed by atoms with van der Waals surface area (Å²) in [6.07, 6.45) is 2.88. The Hall–Kier alpha value is -0.160. The fourth-order valence-electron chi connectivity index (χ4n) is 3.12. The second-order valence-corrected chi connectivity index (χ2v) is 5.77. The van der Waals surface area contributed by atoms with Crippen LogP contribution < -0.4 is 5.73 Å². The van der Waals surface area contributed by atoms with Crippen molar-refractivity contribution in [3.63, 3.8) is 0 Å². The first-order valence-corrected chi connectivity index (χ1v) is 6.79. The Bertz CT molecular complexity index is 232. The summed E-state index contributed by atoms with van der Waals surface area (Å²) >= 11 is 0. The lowest BCUT2D eigenvalue weighted by Crippen LogP contribution is -2.52.